The molecule has 2 heterocycles. The molecule has 0 radical (unpaired) electrons. The molecule has 39 heavy (non-hydrogen) atoms. The predicted molar refractivity (Wildman–Crippen MR) is 124 cm³/mol. The number of ether oxygens (including phenoxy) is 2. The molecule has 7 nitrogen and oxygen atoms in total. The lowest BCUT2D eigenvalue weighted by Crippen LogP contribution is -2.57. The monoisotopic (exact) mass is 565 g/mol. The maximum atomic E-state index is 14.3. The van der Waals surface area contributed by atoms with Crippen molar-refractivity contribution in [3.63, 3.8) is 0 Å². The first kappa shape index (κ1) is 30.1. The van der Waals surface area contributed by atoms with Crippen LogP contribution in [0, 0.1) is 5.95 Å². The number of halogens is 7. The second-order valence-electron chi connectivity index (χ2n) is 9.83. The largest absolute Gasteiger partial charge is 0.444 e. The molecular formula is C25H26F7N3O4. The molecule has 1 N–H and O–H groups in total. The van der Waals surface area contributed by atoms with Crippen LogP contribution in [-0.2, 0) is 15.1 Å². The number of likely N-dealkylation sites (tertiary alicyclic amines) is 1. The third kappa shape index (κ3) is 6.60. The lowest BCUT2D eigenvalue weighted by atomic mass is 9.91. The van der Waals surface area contributed by atoms with Gasteiger partial charge in [0.1, 0.15) is 5.60 Å². The fourth-order valence-corrected chi connectivity index (χ4v) is 4.10. The van der Waals surface area contributed by atoms with Gasteiger partial charge in [-0.05, 0) is 57.9 Å². The van der Waals surface area contributed by atoms with Crippen LogP contribution >= 0.6 is 0 Å². The van der Waals surface area contributed by atoms with Gasteiger partial charge >= 0.3 is 18.4 Å². The molecule has 14 heteroatoms. The summed E-state index contributed by atoms with van der Waals surface area (Å²) in [4.78, 5) is 29.2. The van der Waals surface area contributed by atoms with Crippen molar-refractivity contribution in [2.75, 3.05) is 18.5 Å². The van der Waals surface area contributed by atoms with Crippen LogP contribution in [0.3, 0.4) is 0 Å². The summed E-state index contributed by atoms with van der Waals surface area (Å²) in [6.07, 6.45) is -11.4. The highest BCUT2D eigenvalue weighted by Crippen LogP contribution is 2.53. The summed E-state index contributed by atoms with van der Waals surface area (Å²) >= 11 is 0. The second kappa shape index (κ2) is 11.0. The number of carbonyl (C=O) groups is 2. The van der Waals surface area contributed by atoms with Crippen LogP contribution in [-0.4, -0.2) is 59.0 Å². The number of benzene rings is 1. The smallest absolute Gasteiger partial charge is 0.430 e. The zero-order chi connectivity index (χ0) is 29.2. The van der Waals surface area contributed by atoms with Crippen LogP contribution in [0.5, 0.6) is 0 Å². The molecule has 0 saturated carbocycles. The molecule has 0 unspecified atom stereocenters. The fourth-order valence-electron chi connectivity index (χ4n) is 4.10. The number of hydrogen-bond acceptors (Lipinski definition) is 5. The summed E-state index contributed by atoms with van der Waals surface area (Å²) in [6, 6.07) is 4.06. The van der Waals surface area contributed by atoms with Crippen molar-refractivity contribution in [2.24, 2.45) is 0 Å². The number of alkyl halides is 6. The number of aromatic nitrogens is 1. The van der Waals surface area contributed by atoms with Crippen LogP contribution < -0.4 is 5.32 Å². The third-order valence-electron chi connectivity index (χ3n) is 5.83. The highest BCUT2D eigenvalue weighted by molar-refractivity contribution is 6.04. The first-order valence-electron chi connectivity index (χ1n) is 11.8. The highest BCUT2D eigenvalue weighted by atomic mass is 19.4. The van der Waals surface area contributed by atoms with Crippen molar-refractivity contribution in [1.82, 2.24) is 9.88 Å². The normalized spacial score (nSPS) is 16.8. The van der Waals surface area contributed by atoms with Gasteiger partial charge in [0.2, 0.25) is 5.95 Å². The zero-order valence-corrected chi connectivity index (χ0v) is 21.1. The summed E-state index contributed by atoms with van der Waals surface area (Å²) in [5.41, 5.74) is -8.15. The van der Waals surface area contributed by atoms with Gasteiger partial charge < -0.3 is 19.7 Å². The Bertz CT molecular complexity index is 1180. The maximum Gasteiger partial charge on any atom is 0.430 e. The number of amides is 2. The average Bonchev–Trinajstić information content (AvgIpc) is 3.26. The average molecular weight is 565 g/mol. The SMILES string of the molecule is CC(C)(C)OC(=O)N1CCC[C@H]1COC(c1cccc(NC(=O)c2cccnc2F)c1)(C(F)(F)F)C(F)(F)F. The Labute approximate surface area is 219 Å². The van der Waals surface area contributed by atoms with E-state index in [4.69, 9.17) is 9.47 Å². The van der Waals surface area contributed by atoms with E-state index in [9.17, 15) is 40.3 Å². The summed E-state index contributed by atoms with van der Waals surface area (Å²) in [5, 5.41) is 2.08. The number of nitrogens with zero attached hydrogens (tertiary/aromatic N) is 2. The van der Waals surface area contributed by atoms with E-state index in [1.54, 1.807) is 20.8 Å². The minimum atomic E-state index is -6.00. The lowest BCUT2D eigenvalue weighted by molar-refractivity contribution is -0.390. The molecule has 1 aliphatic rings. The maximum absolute atomic E-state index is 14.3. The molecule has 1 aromatic heterocycles. The van der Waals surface area contributed by atoms with Gasteiger partial charge in [-0.25, -0.2) is 9.78 Å². The first-order valence-corrected chi connectivity index (χ1v) is 11.8. The molecule has 0 aliphatic carbocycles. The van der Waals surface area contributed by atoms with Gasteiger partial charge in [-0.15, -0.1) is 0 Å². The van der Waals surface area contributed by atoms with Crippen molar-refractivity contribution in [2.45, 2.75) is 63.2 Å². The van der Waals surface area contributed by atoms with Crippen LogP contribution in [0.1, 0.15) is 49.5 Å². The Morgan fingerprint density at radius 3 is 2.31 bits per heavy atom. The molecule has 1 fully saturated rings. The Balaban J connectivity index is 1.95. The minimum absolute atomic E-state index is 0.0698. The van der Waals surface area contributed by atoms with E-state index in [1.165, 1.54) is 6.07 Å². The molecular weight excluding hydrogens is 539 g/mol. The summed E-state index contributed by atoms with van der Waals surface area (Å²) < 4.78 is 110. The summed E-state index contributed by atoms with van der Waals surface area (Å²) in [7, 11) is 0. The van der Waals surface area contributed by atoms with Crippen molar-refractivity contribution < 1.29 is 49.8 Å². The molecule has 3 rings (SSSR count). The molecule has 214 valence electrons. The number of hydrogen-bond donors (Lipinski definition) is 1. The van der Waals surface area contributed by atoms with Gasteiger partial charge in [-0.1, -0.05) is 12.1 Å². The Kier molecular flexibility index (Phi) is 8.49. The van der Waals surface area contributed by atoms with E-state index < -0.39 is 71.0 Å². The fraction of sp³-hybridized carbons (Fsp3) is 0.480. The zero-order valence-electron chi connectivity index (χ0n) is 21.1. The van der Waals surface area contributed by atoms with Gasteiger partial charge in [0.05, 0.1) is 18.2 Å². The molecule has 0 spiro atoms. The molecule has 1 atom stereocenters. The standard InChI is InChI=1S/C25H26F7N3O4/c1-22(2,3)39-21(37)35-12-6-9-17(35)14-38-23(24(27,28)29,25(30,31)32)15-7-4-8-16(13-15)34-20(36)18-10-5-11-33-19(18)26/h4-5,7-8,10-11,13,17H,6,9,12,14H2,1-3H3,(H,34,36)/t17-/m0/s1. The van der Waals surface area contributed by atoms with E-state index in [2.05, 4.69) is 10.3 Å². The van der Waals surface area contributed by atoms with E-state index in [-0.39, 0.29) is 13.0 Å². The Morgan fingerprint density at radius 1 is 1.05 bits per heavy atom. The number of carbonyl (C=O) groups excluding carboxylic acids is 2. The van der Waals surface area contributed by atoms with Crippen LogP contribution in [0.25, 0.3) is 0 Å². The Hall–Kier alpha value is -3.42. The van der Waals surface area contributed by atoms with E-state index in [1.807, 2.05) is 0 Å². The van der Waals surface area contributed by atoms with Gasteiger partial charge in [0.15, 0.2) is 0 Å². The third-order valence-corrected chi connectivity index (χ3v) is 5.83. The van der Waals surface area contributed by atoms with Crippen LogP contribution in [0.2, 0.25) is 0 Å². The van der Waals surface area contributed by atoms with Gasteiger partial charge in [0, 0.05) is 24.0 Å². The second-order valence-corrected chi connectivity index (χ2v) is 9.83. The minimum Gasteiger partial charge on any atom is -0.444 e. The van der Waals surface area contributed by atoms with E-state index in [0.717, 1.165) is 29.3 Å². The quantitative estimate of drug-likeness (QED) is 0.333. The molecule has 2 amide bonds. The molecule has 2 aromatic rings. The lowest BCUT2D eigenvalue weighted by Gasteiger charge is -2.39. The van der Waals surface area contributed by atoms with E-state index in [0.29, 0.717) is 18.6 Å². The first-order chi connectivity index (χ1) is 18.0. The van der Waals surface area contributed by atoms with Crippen LogP contribution in [0.4, 0.5) is 41.2 Å². The van der Waals surface area contributed by atoms with Crippen LogP contribution in [0.15, 0.2) is 42.6 Å². The van der Waals surface area contributed by atoms with Crippen molar-refractivity contribution in [3.8, 4) is 0 Å². The van der Waals surface area contributed by atoms with Gasteiger partial charge in [0.25, 0.3) is 11.5 Å². The number of nitrogens with one attached hydrogen (secondary N) is 1. The molecule has 1 aromatic carbocycles. The molecule has 1 aliphatic heterocycles. The van der Waals surface area contributed by atoms with Crippen molar-refractivity contribution >= 4 is 17.7 Å². The highest BCUT2D eigenvalue weighted by Gasteiger charge is 2.73. The number of pyridine rings is 1. The molecule has 0 bridgehead atoms. The van der Waals surface area contributed by atoms with E-state index >= 15 is 0 Å². The molecule has 1 saturated heterocycles. The van der Waals surface area contributed by atoms with Gasteiger partial charge in [-0.3, -0.25) is 4.79 Å². The summed E-state index contributed by atoms with van der Waals surface area (Å²) in [6.45, 7) is 3.67. The summed E-state index contributed by atoms with van der Waals surface area (Å²) in [5.74, 6) is -2.32. The van der Waals surface area contributed by atoms with Gasteiger partial charge in [-0.2, -0.15) is 30.7 Å². The topological polar surface area (TPSA) is 80.8 Å². The number of anilines is 1. The number of rotatable bonds is 6. The predicted octanol–water partition coefficient (Wildman–Crippen LogP) is 6.21. The van der Waals surface area contributed by atoms with Crippen molar-refractivity contribution in [3.05, 3.63) is 59.7 Å². The Morgan fingerprint density at radius 2 is 1.72 bits per heavy atom. The van der Waals surface area contributed by atoms with Crippen molar-refractivity contribution in [1.29, 1.82) is 0 Å².